The lowest BCUT2D eigenvalue weighted by molar-refractivity contribution is 0.0543. The van der Waals surface area contributed by atoms with E-state index in [1.54, 1.807) is 6.20 Å². The Labute approximate surface area is 108 Å². The van der Waals surface area contributed by atoms with E-state index in [9.17, 15) is 0 Å². The Balaban J connectivity index is 1.79. The third kappa shape index (κ3) is 2.10. The first kappa shape index (κ1) is 10.6. The molecule has 0 spiro atoms. The minimum absolute atomic E-state index is 0.140. The summed E-state index contributed by atoms with van der Waals surface area (Å²) in [4.78, 5) is 4.29. The van der Waals surface area contributed by atoms with Crippen molar-refractivity contribution in [3.05, 3.63) is 29.7 Å². The maximum atomic E-state index is 5.70. The number of ether oxygens (including phenoxy) is 1. The van der Waals surface area contributed by atoms with Crippen LogP contribution in [0.25, 0.3) is 0 Å². The SMILES string of the molecule is IOC1=CC(c2cnc(C3CC3)o2)OCC1. The Kier molecular flexibility index (Phi) is 2.89. The summed E-state index contributed by atoms with van der Waals surface area (Å²) in [5, 5.41) is 0. The summed E-state index contributed by atoms with van der Waals surface area (Å²) in [5.74, 6) is 3.13. The van der Waals surface area contributed by atoms with Gasteiger partial charge in [0.1, 0.15) is 11.9 Å². The molecule has 5 heteroatoms. The molecule has 0 aromatic carbocycles. The smallest absolute Gasteiger partial charge is 0.197 e. The van der Waals surface area contributed by atoms with E-state index in [1.807, 2.05) is 29.1 Å². The molecule has 1 saturated carbocycles. The van der Waals surface area contributed by atoms with Crippen molar-refractivity contribution in [1.29, 1.82) is 0 Å². The molecule has 1 atom stereocenters. The van der Waals surface area contributed by atoms with Gasteiger partial charge in [0, 0.05) is 12.3 Å². The lowest BCUT2D eigenvalue weighted by atomic mass is 10.2. The second-order valence-electron chi connectivity index (χ2n) is 4.13. The molecule has 2 heterocycles. The zero-order chi connectivity index (χ0) is 11.0. The minimum Gasteiger partial charge on any atom is -0.442 e. The second kappa shape index (κ2) is 4.37. The molecule has 1 aromatic heterocycles. The molecule has 0 N–H and O–H groups in total. The van der Waals surface area contributed by atoms with Gasteiger partial charge in [-0.1, -0.05) is 0 Å². The van der Waals surface area contributed by atoms with Crippen molar-refractivity contribution in [2.75, 3.05) is 6.61 Å². The zero-order valence-corrected chi connectivity index (χ0v) is 10.8. The molecule has 0 radical (unpaired) electrons. The molecular formula is C11H12INO3. The molecule has 0 saturated heterocycles. The van der Waals surface area contributed by atoms with Crippen molar-refractivity contribution in [2.45, 2.75) is 31.3 Å². The predicted octanol–water partition coefficient (Wildman–Crippen LogP) is 3.26. The fourth-order valence-electron chi connectivity index (χ4n) is 1.77. The van der Waals surface area contributed by atoms with Crippen LogP contribution in [0.2, 0.25) is 0 Å². The van der Waals surface area contributed by atoms with Crippen LogP contribution in [-0.4, -0.2) is 11.6 Å². The third-order valence-corrected chi connectivity index (χ3v) is 3.40. The summed E-state index contributed by atoms with van der Waals surface area (Å²) in [6.07, 6.45) is 6.80. The van der Waals surface area contributed by atoms with Gasteiger partial charge in [-0.15, -0.1) is 0 Å². The summed E-state index contributed by atoms with van der Waals surface area (Å²) in [6, 6.07) is 0. The molecule has 1 aliphatic heterocycles. The highest BCUT2D eigenvalue weighted by Gasteiger charge is 2.30. The van der Waals surface area contributed by atoms with Crippen molar-refractivity contribution >= 4 is 23.0 Å². The van der Waals surface area contributed by atoms with Gasteiger partial charge >= 0.3 is 0 Å². The summed E-state index contributed by atoms with van der Waals surface area (Å²) < 4.78 is 16.5. The molecule has 0 bridgehead atoms. The number of hydrogen-bond donors (Lipinski definition) is 0. The van der Waals surface area contributed by atoms with Crippen molar-refractivity contribution in [2.24, 2.45) is 0 Å². The van der Waals surface area contributed by atoms with E-state index in [0.717, 1.165) is 23.8 Å². The lowest BCUT2D eigenvalue weighted by Gasteiger charge is -2.18. The highest BCUT2D eigenvalue weighted by Crippen LogP contribution is 2.40. The Morgan fingerprint density at radius 1 is 1.44 bits per heavy atom. The average Bonchev–Trinajstić information content (AvgIpc) is 3.07. The fourth-order valence-corrected chi connectivity index (χ4v) is 2.13. The van der Waals surface area contributed by atoms with Gasteiger partial charge in [-0.3, -0.25) is 0 Å². The van der Waals surface area contributed by atoms with Crippen LogP contribution in [0.5, 0.6) is 0 Å². The van der Waals surface area contributed by atoms with E-state index < -0.39 is 0 Å². The first-order valence-electron chi connectivity index (χ1n) is 5.43. The maximum Gasteiger partial charge on any atom is 0.197 e. The minimum atomic E-state index is -0.140. The molecular weight excluding hydrogens is 321 g/mol. The number of rotatable bonds is 3. The van der Waals surface area contributed by atoms with Crippen LogP contribution >= 0.6 is 23.0 Å². The zero-order valence-electron chi connectivity index (χ0n) is 8.69. The Morgan fingerprint density at radius 2 is 2.31 bits per heavy atom. The first-order valence-corrected chi connectivity index (χ1v) is 6.31. The molecule has 3 rings (SSSR count). The maximum absolute atomic E-state index is 5.70. The van der Waals surface area contributed by atoms with Gasteiger partial charge in [0.2, 0.25) is 0 Å². The lowest BCUT2D eigenvalue weighted by Crippen LogP contribution is -2.09. The Hall–Kier alpha value is -0.560. The standard InChI is InChI=1S/C11H12INO3/c12-16-8-3-4-14-9(5-8)10-6-13-11(15-10)7-1-2-7/h5-7,9H,1-4H2. The van der Waals surface area contributed by atoms with Crippen LogP contribution in [0.3, 0.4) is 0 Å². The van der Waals surface area contributed by atoms with Gasteiger partial charge in [0.25, 0.3) is 0 Å². The van der Waals surface area contributed by atoms with Gasteiger partial charge in [0.15, 0.2) is 34.7 Å². The number of oxazole rings is 1. The molecule has 4 nitrogen and oxygen atoms in total. The van der Waals surface area contributed by atoms with Crippen LogP contribution in [0.15, 0.2) is 22.4 Å². The molecule has 16 heavy (non-hydrogen) atoms. The largest absolute Gasteiger partial charge is 0.442 e. The monoisotopic (exact) mass is 333 g/mol. The van der Waals surface area contributed by atoms with Crippen molar-refractivity contribution in [3.8, 4) is 0 Å². The molecule has 2 aliphatic rings. The normalized spacial score (nSPS) is 25.3. The molecule has 1 fully saturated rings. The van der Waals surface area contributed by atoms with Gasteiger partial charge in [0.05, 0.1) is 12.8 Å². The van der Waals surface area contributed by atoms with Crippen molar-refractivity contribution < 1.29 is 12.2 Å². The van der Waals surface area contributed by atoms with Crippen LogP contribution < -0.4 is 0 Å². The number of hydrogen-bond acceptors (Lipinski definition) is 4. The first-order chi connectivity index (χ1) is 7.86. The van der Waals surface area contributed by atoms with E-state index in [-0.39, 0.29) is 6.10 Å². The number of nitrogens with zero attached hydrogens (tertiary/aromatic N) is 1. The van der Waals surface area contributed by atoms with Crippen LogP contribution in [-0.2, 0) is 7.80 Å². The van der Waals surface area contributed by atoms with Crippen molar-refractivity contribution in [1.82, 2.24) is 4.98 Å². The molecule has 1 aliphatic carbocycles. The van der Waals surface area contributed by atoms with E-state index in [2.05, 4.69) is 4.98 Å². The van der Waals surface area contributed by atoms with Crippen molar-refractivity contribution in [3.63, 3.8) is 0 Å². The summed E-state index contributed by atoms with van der Waals surface area (Å²) in [5.41, 5.74) is 0. The Bertz CT molecular complexity index is 411. The predicted molar refractivity (Wildman–Crippen MR) is 65.0 cm³/mol. The summed E-state index contributed by atoms with van der Waals surface area (Å²) in [7, 11) is 0. The fraction of sp³-hybridized carbons (Fsp3) is 0.545. The van der Waals surface area contributed by atoms with Crippen LogP contribution in [0, 0.1) is 0 Å². The summed E-state index contributed by atoms with van der Waals surface area (Å²) >= 11 is 1.89. The topological polar surface area (TPSA) is 44.5 Å². The molecule has 1 unspecified atom stereocenters. The van der Waals surface area contributed by atoms with Crippen LogP contribution in [0.4, 0.5) is 0 Å². The van der Waals surface area contributed by atoms with E-state index in [1.165, 1.54) is 12.8 Å². The van der Waals surface area contributed by atoms with E-state index >= 15 is 0 Å². The summed E-state index contributed by atoms with van der Waals surface area (Å²) in [6.45, 7) is 0.666. The molecule has 86 valence electrons. The van der Waals surface area contributed by atoms with Gasteiger partial charge < -0.3 is 12.2 Å². The van der Waals surface area contributed by atoms with Gasteiger partial charge in [-0.05, 0) is 18.9 Å². The quantitative estimate of drug-likeness (QED) is 0.797. The third-order valence-electron chi connectivity index (χ3n) is 2.83. The number of halogens is 1. The molecule has 1 aromatic rings. The highest BCUT2D eigenvalue weighted by atomic mass is 127. The Morgan fingerprint density at radius 3 is 3.06 bits per heavy atom. The number of aromatic nitrogens is 1. The average molecular weight is 333 g/mol. The molecule has 0 amide bonds. The van der Waals surface area contributed by atoms with Gasteiger partial charge in [-0.2, -0.15) is 0 Å². The van der Waals surface area contributed by atoms with Gasteiger partial charge in [-0.25, -0.2) is 4.98 Å². The highest BCUT2D eigenvalue weighted by molar-refractivity contribution is 14.1. The van der Waals surface area contributed by atoms with Crippen LogP contribution in [0.1, 0.15) is 42.9 Å². The second-order valence-corrected chi connectivity index (χ2v) is 4.57. The van der Waals surface area contributed by atoms with E-state index in [4.69, 9.17) is 12.2 Å². The van der Waals surface area contributed by atoms with E-state index in [0.29, 0.717) is 12.5 Å².